The van der Waals surface area contributed by atoms with Crippen LogP contribution in [0.4, 0.5) is 18.9 Å². The maximum Gasteiger partial charge on any atom is 0.433 e. The molecule has 5 nitrogen and oxygen atoms in total. The Kier molecular flexibility index (Phi) is 6.74. The third kappa shape index (κ3) is 5.53. The predicted octanol–water partition coefficient (Wildman–Crippen LogP) is 6.12. The van der Waals surface area contributed by atoms with Gasteiger partial charge in [0.15, 0.2) is 0 Å². The molecule has 2 atom stereocenters. The van der Waals surface area contributed by atoms with Crippen molar-refractivity contribution in [3.05, 3.63) is 57.9 Å². The van der Waals surface area contributed by atoms with Crippen molar-refractivity contribution < 1.29 is 18.0 Å². The van der Waals surface area contributed by atoms with Gasteiger partial charge >= 0.3 is 6.18 Å². The summed E-state index contributed by atoms with van der Waals surface area (Å²) in [5, 5.41) is 0.698. The van der Waals surface area contributed by atoms with E-state index in [9.17, 15) is 18.0 Å². The molecule has 2 saturated carbocycles. The maximum absolute atomic E-state index is 13.2. The Hall–Kier alpha value is -2.61. The van der Waals surface area contributed by atoms with E-state index in [-0.39, 0.29) is 35.3 Å². The number of alkyl halides is 3. The van der Waals surface area contributed by atoms with Crippen LogP contribution in [0, 0.1) is 11.8 Å². The molecule has 1 aromatic heterocycles. The van der Waals surface area contributed by atoms with Gasteiger partial charge in [0.1, 0.15) is 11.5 Å². The number of hydrogen-bond acceptors (Lipinski definition) is 3. The summed E-state index contributed by atoms with van der Waals surface area (Å²) >= 11 is 6.32. The lowest BCUT2D eigenvalue weighted by Gasteiger charge is -2.39. The van der Waals surface area contributed by atoms with E-state index in [0.717, 1.165) is 36.9 Å². The van der Waals surface area contributed by atoms with Crippen molar-refractivity contribution in [1.29, 1.82) is 0 Å². The minimum absolute atomic E-state index is 0.0558. The highest BCUT2D eigenvalue weighted by Gasteiger charge is 2.37. The second kappa shape index (κ2) is 9.69. The first kappa shape index (κ1) is 25.1. The predicted molar refractivity (Wildman–Crippen MR) is 134 cm³/mol. The number of amidine groups is 1. The molecule has 1 aromatic carbocycles. The summed E-state index contributed by atoms with van der Waals surface area (Å²) in [6.07, 6.45) is 1.80. The summed E-state index contributed by atoms with van der Waals surface area (Å²) in [4.78, 5) is 23.4. The van der Waals surface area contributed by atoms with Crippen molar-refractivity contribution in [2.24, 2.45) is 22.6 Å². The number of nitrogens with zero attached hydrogens (tertiary/aromatic N) is 3. The summed E-state index contributed by atoms with van der Waals surface area (Å²) in [5.74, 6) is -0.00816. The van der Waals surface area contributed by atoms with Crippen molar-refractivity contribution in [2.45, 2.75) is 70.0 Å². The number of carbonyl (C=O) groups excluding carboxylic acids is 1. The molecule has 2 aromatic rings. The number of halogens is 4. The highest BCUT2D eigenvalue weighted by Crippen LogP contribution is 2.42. The molecular formula is C27H30ClF3N4O. The second-order valence-corrected chi connectivity index (χ2v) is 10.9. The molecule has 0 bridgehead atoms. The van der Waals surface area contributed by atoms with Gasteiger partial charge in [-0.3, -0.25) is 4.79 Å². The number of amides is 1. The van der Waals surface area contributed by atoms with E-state index in [0.29, 0.717) is 30.0 Å². The normalized spacial score (nSPS) is 23.1. The Morgan fingerprint density at radius 2 is 1.92 bits per heavy atom. The van der Waals surface area contributed by atoms with E-state index in [1.54, 1.807) is 0 Å². The third-order valence-corrected chi connectivity index (χ3v) is 7.71. The highest BCUT2D eigenvalue weighted by atomic mass is 35.5. The first-order valence-electron chi connectivity index (χ1n) is 12.6. The number of rotatable bonds is 6. The third-order valence-electron chi connectivity index (χ3n) is 7.47. The maximum atomic E-state index is 13.2. The summed E-state index contributed by atoms with van der Waals surface area (Å²) < 4.78 is 39.5. The van der Waals surface area contributed by atoms with E-state index in [2.05, 4.69) is 27.9 Å². The van der Waals surface area contributed by atoms with E-state index >= 15 is 0 Å². The van der Waals surface area contributed by atoms with E-state index in [4.69, 9.17) is 17.3 Å². The van der Waals surface area contributed by atoms with Crippen molar-refractivity contribution in [3.63, 3.8) is 0 Å². The number of nitrogens with two attached hydrogens (primary N) is 1. The van der Waals surface area contributed by atoms with Crippen LogP contribution in [0.3, 0.4) is 0 Å². The molecule has 5 rings (SSSR count). The number of pyridine rings is 1. The number of benzene rings is 1. The SMILES string of the molecule is CC1CC(C(=O)N=C(N)c2ccc(C(F)(F)F)nc2C2CC2)CCN1c1cc(Cl)ccc1CC1CC1. The summed E-state index contributed by atoms with van der Waals surface area (Å²) in [7, 11) is 0. The fourth-order valence-corrected chi connectivity index (χ4v) is 5.32. The van der Waals surface area contributed by atoms with Crippen LogP contribution < -0.4 is 10.6 Å². The Morgan fingerprint density at radius 3 is 2.56 bits per heavy atom. The van der Waals surface area contributed by atoms with E-state index in [1.165, 1.54) is 24.5 Å². The zero-order chi connectivity index (χ0) is 25.6. The lowest BCUT2D eigenvalue weighted by Crippen LogP contribution is -2.43. The standard InChI is InChI=1S/C27H30ClF3N4O/c1-15-12-19(10-11-35(15)22-14-20(28)7-6-18(22)13-16-2-3-16)26(36)34-25(32)21-8-9-23(27(29,30)31)33-24(21)17-4-5-17/h6-9,14-17,19H,2-5,10-13H2,1H3,(H2,32,34,36). The lowest BCUT2D eigenvalue weighted by molar-refractivity contribution is -0.141. The minimum atomic E-state index is -4.53. The van der Waals surface area contributed by atoms with Crippen LogP contribution in [0.25, 0.3) is 0 Å². The molecule has 1 aliphatic heterocycles. The van der Waals surface area contributed by atoms with Gasteiger partial charge < -0.3 is 10.6 Å². The Balaban J connectivity index is 1.31. The van der Waals surface area contributed by atoms with Gasteiger partial charge in [-0.15, -0.1) is 0 Å². The number of piperidine rings is 1. The number of anilines is 1. The number of hydrogen-bond donors (Lipinski definition) is 1. The van der Waals surface area contributed by atoms with Crippen LogP contribution in [0.1, 0.15) is 73.9 Å². The Bertz CT molecular complexity index is 1190. The van der Waals surface area contributed by atoms with Gasteiger partial charge in [0.25, 0.3) is 5.91 Å². The smallest absolute Gasteiger partial charge is 0.383 e. The van der Waals surface area contributed by atoms with Crippen molar-refractivity contribution in [1.82, 2.24) is 4.98 Å². The fraction of sp³-hybridized carbons (Fsp3) is 0.519. The molecule has 0 spiro atoms. The molecule has 3 fully saturated rings. The van der Waals surface area contributed by atoms with Crippen molar-refractivity contribution >= 4 is 29.0 Å². The summed E-state index contributed by atoms with van der Waals surface area (Å²) in [6, 6.07) is 8.37. The van der Waals surface area contributed by atoms with Crippen LogP contribution >= 0.6 is 11.6 Å². The number of aliphatic imine (C=N–C) groups is 1. The fourth-order valence-electron chi connectivity index (χ4n) is 5.15. The van der Waals surface area contributed by atoms with E-state index in [1.807, 2.05) is 12.1 Å². The second-order valence-electron chi connectivity index (χ2n) is 10.4. The van der Waals surface area contributed by atoms with Crippen LogP contribution in [-0.4, -0.2) is 29.3 Å². The van der Waals surface area contributed by atoms with Crippen LogP contribution in [0.5, 0.6) is 0 Å². The largest absolute Gasteiger partial charge is 0.433 e. The first-order chi connectivity index (χ1) is 17.1. The van der Waals surface area contributed by atoms with Gasteiger partial charge in [-0.05, 0) is 87.6 Å². The molecule has 192 valence electrons. The monoisotopic (exact) mass is 518 g/mol. The van der Waals surface area contributed by atoms with Crippen LogP contribution in [0.15, 0.2) is 35.3 Å². The Morgan fingerprint density at radius 1 is 1.17 bits per heavy atom. The van der Waals surface area contributed by atoms with Crippen LogP contribution in [-0.2, 0) is 17.4 Å². The molecule has 36 heavy (non-hydrogen) atoms. The number of carbonyl (C=O) groups is 1. The minimum Gasteiger partial charge on any atom is -0.383 e. The quantitative estimate of drug-likeness (QED) is 0.369. The molecule has 2 heterocycles. The molecule has 0 radical (unpaired) electrons. The zero-order valence-electron chi connectivity index (χ0n) is 20.2. The molecule has 9 heteroatoms. The molecule has 2 unspecified atom stereocenters. The van der Waals surface area contributed by atoms with Gasteiger partial charge in [-0.2, -0.15) is 18.2 Å². The van der Waals surface area contributed by atoms with Crippen LogP contribution in [0.2, 0.25) is 5.02 Å². The molecule has 1 saturated heterocycles. The highest BCUT2D eigenvalue weighted by molar-refractivity contribution is 6.30. The van der Waals surface area contributed by atoms with Gasteiger partial charge in [0, 0.05) is 40.7 Å². The zero-order valence-corrected chi connectivity index (χ0v) is 20.9. The Labute approximate surface area is 213 Å². The molecular weight excluding hydrogens is 489 g/mol. The lowest BCUT2D eigenvalue weighted by atomic mass is 9.89. The molecule has 1 amide bonds. The van der Waals surface area contributed by atoms with E-state index < -0.39 is 11.9 Å². The van der Waals surface area contributed by atoms with Gasteiger partial charge in [-0.1, -0.05) is 17.7 Å². The first-order valence-corrected chi connectivity index (χ1v) is 13.0. The molecule has 2 N–H and O–H groups in total. The van der Waals surface area contributed by atoms with Gasteiger partial charge in [0.05, 0.1) is 5.69 Å². The average Bonchev–Trinajstić information content (AvgIpc) is 3.74. The average molecular weight is 519 g/mol. The number of aromatic nitrogens is 1. The summed E-state index contributed by atoms with van der Waals surface area (Å²) in [6.45, 7) is 2.79. The van der Waals surface area contributed by atoms with Crippen molar-refractivity contribution in [2.75, 3.05) is 11.4 Å². The van der Waals surface area contributed by atoms with Crippen molar-refractivity contribution in [3.8, 4) is 0 Å². The molecule has 2 aliphatic carbocycles. The topological polar surface area (TPSA) is 71.6 Å². The molecule has 3 aliphatic rings. The summed E-state index contributed by atoms with van der Waals surface area (Å²) in [5.41, 5.74) is 8.25. The van der Waals surface area contributed by atoms with Gasteiger partial charge in [-0.25, -0.2) is 4.98 Å². The van der Waals surface area contributed by atoms with Gasteiger partial charge in [0.2, 0.25) is 0 Å².